The van der Waals surface area contributed by atoms with Gasteiger partial charge in [-0.2, -0.15) is 0 Å². The number of aryl methyl sites for hydroxylation is 1. The molecular weight excluding hydrogens is 224 g/mol. The lowest BCUT2D eigenvalue weighted by atomic mass is 10.1. The summed E-state index contributed by atoms with van der Waals surface area (Å²) >= 11 is 0. The molecule has 0 fully saturated rings. The lowest BCUT2D eigenvalue weighted by Gasteiger charge is -2.02. The Kier molecular flexibility index (Phi) is 3.68. The predicted molar refractivity (Wildman–Crippen MR) is 74.8 cm³/mol. The number of benzene rings is 2. The molecule has 0 saturated carbocycles. The molecule has 1 N–H and O–H groups in total. The minimum absolute atomic E-state index is 0.291. The van der Waals surface area contributed by atoms with Gasteiger partial charge in [-0.05, 0) is 36.8 Å². The fourth-order valence-corrected chi connectivity index (χ4v) is 1.74. The number of hydrogen-bond donors (Lipinski definition) is 1. The third-order valence-electron chi connectivity index (χ3n) is 2.73. The van der Waals surface area contributed by atoms with Gasteiger partial charge in [0.25, 0.3) is 0 Å². The van der Waals surface area contributed by atoms with Gasteiger partial charge in [0.2, 0.25) is 0 Å². The van der Waals surface area contributed by atoms with Gasteiger partial charge in [0.05, 0.1) is 7.11 Å². The van der Waals surface area contributed by atoms with Crippen molar-refractivity contribution >= 4 is 12.2 Å². The first-order valence-electron chi connectivity index (χ1n) is 5.81. The van der Waals surface area contributed by atoms with Crippen molar-refractivity contribution in [3.63, 3.8) is 0 Å². The van der Waals surface area contributed by atoms with Crippen molar-refractivity contribution in [1.29, 1.82) is 0 Å². The Morgan fingerprint density at radius 1 is 1.06 bits per heavy atom. The Bertz CT molecular complexity index is 571. The number of phenolic OH excluding ortho intramolecular Hbond substituents is 1. The van der Waals surface area contributed by atoms with E-state index >= 15 is 0 Å². The topological polar surface area (TPSA) is 29.5 Å². The summed E-state index contributed by atoms with van der Waals surface area (Å²) in [6.07, 6.45) is 3.86. The Labute approximate surface area is 107 Å². The highest BCUT2D eigenvalue weighted by atomic mass is 16.5. The first-order chi connectivity index (χ1) is 8.69. The van der Waals surface area contributed by atoms with Crippen molar-refractivity contribution in [3.8, 4) is 11.5 Å². The van der Waals surface area contributed by atoms with E-state index in [-0.39, 0.29) is 0 Å². The number of rotatable bonds is 3. The van der Waals surface area contributed by atoms with Gasteiger partial charge in [0, 0.05) is 5.56 Å². The van der Waals surface area contributed by atoms with E-state index in [2.05, 4.69) is 0 Å². The second kappa shape index (κ2) is 5.41. The molecule has 2 aromatic rings. The summed E-state index contributed by atoms with van der Waals surface area (Å²) in [7, 11) is 1.65. The van der Waals surface area contributed by atoms with Crippen LogP contribution >= 0.6 is 0 Å². The normalized spacial score (nSPS) is 10.8. The Hall–Kier alpha value is -2.22. The highest BCUT2D eigenvalue weighted by Crippen LogP contribution is 2.21. The number of hydrogen-bond acceptors (Lipinski definition) is 2. The van der Waals surface area contributed by atoms with Crippen molar-refractivity contribution in [3.05, 3.63) is 59.2 Å². The van der Waals surface area contributed by atoms with Crippen molar-refractivity contribution in [2.24, 2.45) is 0 Å². The van der Waals surface area contributed by atoms with Crippen molar-refractivity contribution in [2.45, 2.75) is 6.92 Å². The molecule has 0 atom stereocenters. The molecule has 0 saturated heterocycles. The Morgan fingerprint density at radius 2 is 1.89 bits per heavy atom. The van der Waals surface area contributed by atoms with E-state index in [0.717, 1.165) is 22.4 Å². The van der Waals surface area contributed by atoms with Crippen LogP contribution in [0.15, 0.2) is 42.5 Å². The van der Waals surface area contributed by atoms with Crippen LogP contribution in [0.2, 0.25) is 0 Å². The van der Waals surface area contributed by atoms with Gasteiger partial charge < -0.3 is 9.84 Å². The van der Waals surface area contributed by atoms with E-state index in [4.69, 9.17) is 4.74 Å². The first-order valence-corrected chi connectivity index (χ1v) is 5.81. The number of aromatic hydroxyl groups is 1. The molecule has 2 heteroatoms. The van der Waals surface area contributed by atoms with Gasteiger partial charge in [0.1, 0.15) is 11.5 Å². The van der Waals surface area contributed by atoms with E-state index in [9.17, 15) is 5.11 Å². The molecule has 0 bridgehead atoms. The third-order valence-corrected chi connectivity index (χ3v) is 2.73. The molecule has 18 heavy (non-hydrogen) atoms. The van der Waals surface area contributed by atoms with Crippen LogP contribution in [0.25, 0.3) is 12.2 Å². The zero-order valence-electron chi connectivity index (χ0n) is 10.6. The molecule has 0 amide bonds. The molecule has 0 radical (unpaired) electrons. The zero-order valence-corrected chi connectivity index (χ0v) is 10.6. The van der Waals surface area contributed by atoms with E-state index in [0.29, 0.717) is 5.75 Å². The fourth-order valence-electron chi connectivity index (χ4n) is 1.74. The fraction of sp³-hybridized carbons (Fsp3) is 0.125. The second-order valence-corrected chi connectivity index (χ2v) is 4.17. The smallest absolute Gasteiger partial charge is 0.122 e. The quantitative estimate of drug-likeness (QED) is 0.825. The molecule has 0 aliphatic rings. The van der Waals surface area contributed by atoms with Gasteiger partial charge in [0.15, 0.2) is 0 Å². The van der Waals surface area contributed by atoms with E-state index in [1.807, 2.05) is 55.5 Å². The SMILES string of the molecule is COc1cccc(/C=C/c2cc(C)ccc2O)c1. The summed E-state index contributed by atoms with van der Waals surface area (Å²) in [4.78, 5) is 0. The van der Waals surface area contributed by atoms with Crippen LogP contribution in [0.3, 0.4) is 0 Å². The number of ether oxygens (including phenoxy) is 1. The predicted octanol–water partition coefficient (Wildman–Crippen LogP) is 3.88. The number of phenols is 1. The lowest BCUT2D eigenvalue weighted by Crippen LogP contribution is -1.82. The van der Waals surface area contributed by atoms with Gasteiger partial charge in [-0.3, -0.25) is 0 Å². The maximum Gasteiger partial charge on any atom is 0.122 e. The van der Waals surface area contributed by atoms with Gasteiger partial charge in [-0.25, -0.2) is 0 Å². The average Bonchev–Trinajstić information content (AvgIpc) is 2.40. The number of methoxy groups -OCH3 is 1. The summed E-state index contributed by atoms with van der Waals surface area (Å²) in [5, 5.41) is 9.74. The van der Waals surface area contributed by atoms with Crippen LogP contribution in [0.1, 0.15) is 16.7 Å². The molecule has 0 unspecified atom stereocenters. The lowest BCUT2D eigenvalue weighted by molar-refractivity contribution is 0.414. The largest absolute Gasteiger partial charge is 0.507 e. The maximum atomic E-state index is 9.74. The monoisotopic (exact) mass is 240 g/mol. The molecule has 2 nitrogen and oxygen atoms in total. The minimum Gasteiger partial charge on any atom is -0.507 e. The third kappa shape index (κ3) is 2.92. The van der Waals surface area contributed by atoms with Crippen LogP contribution in [-0.4, -0.2) is 12.2 Å². The van der Waals surface area contributed by atoms with Crippen LogP contribution in [-0.2, 0) is 0 Å². The Balaban J connectivity index is 2.26. The average molecular weight is 240 g/mol. The molecule has 2 aromatic carbocycles. The van der Waals surface area contributed by atoms with E-state index in [1.54, 1.807) is 13.2 Å². The summed E-state index contributed by atoms with van der Waals surface area (Å²) in [5.74, 6) is 1.12. The molecule has 0 spiro atoms. The second-order valence-electron chi connectivity index (χ2n) is 4.17. The first kappa shape index (κ1) is 12.2. The van der Waals surface area contributed by atoms with Gasteiger partial charge in [-0.1, -0.05) is 35.9 Å². The van der Waals surface area contributed by atoms with Gasteiger partial charge >= 0.3 is 0 Å². The van der Waals surface area contributed by atoms with Gasteiger partial charge in [-0.15, -0.1) is 0 Å². The maximum absolute atomic E-state index is 9.74. The molecular formula is C16H16O2. The van der Waals surface area contributed by atoms with Crippen molar-refractivity contribution in [2.75, 3.05) is 7.11 Å². The van der Waals surface area contributed by atoms with E-state index in [1.165, 1.54) is 0 Å². The van der Waals surface area contributed by atoms with Crippen LogP contribution in [0.5, 0.6) is 11.5 Å². The molecule has 0 aromatic heterocycles. The highest BCUT2D eigenvalue weighted by molar-refractivity contribution is 5.73. The zero-order chi connectivity index (χ0) is 13.0. The van der Waals surface area contributed by atoms with Crippen LogP contribution in [0, 0.1) is 6.92 Å². The summed E-state index contributed by atoms with van der Waals surface area (Å²) in [6.45, 7) is 2.00. The molecule has 2 rings (SSSR count). The van der Waals surface area contributed by atoms with Crippen LogP contribution in [0.4, 0.5) is 0 Å². The standard InChI is InChI=1S/C16H16O2/c1-12-6-9-16(17)14(10-12)8-7-13-4-3-5-15(11-13)18-2/h3-11,17H,1-2H3/b8-7+. The molecule has 0 aliphatic heterocycles. The van der Waals surface area contributed by atoms with Crippen molar-refractivity contribution in [1.82, 2.24) is 0 Å². The molecule has 0 heterocycles. The van der Waals surface area contributed by atoms with Crippen LogP contribution < -0.4 is 4.74 Å². The highest BCUT2D eigenvalue weighted by Gasteiger charge is 1.97. The summed E-state index contributed by atoms with van der Waals surface area (Å²) in [6, 6.07) is 13.3. The molecule has 92 valence electrons. The van der Waals surface area contributed by atoms with E-state index < -0.39 is 0 Å². The summed E-state index contributed by atoms with van der Waals surface area (Å²) < 4.78 is 5.17. The van der Waals surface area contributed by atoms with Crippen molar-refractivity contribution < 1.29 is 9.84 Å². The molecule has 0 aliphatic carbocycles. The Morgan fingerprint density at radius 3 is 2.67 bits per heavy atom. The summed E-state index contributed by atoms with van der Waals surface area (Å²) in [5.41, 5.74) is 2.98. The minimum atomic E-state index is 0.291.